The zero-order valence-electron chi connectivity index (χ0n) is 16.5. The molecule has 0 atom stereocenters. The minimum atomic E-state index is -3.85. The molecule has 1 saturated heterocycles. The van der Waals surface area contributed by atoms with E-state index in [0.717, 1.165) is 31.9 Å². The molecule has 3 rings (SSSR count). The molecule has 1 N–H and O–H groups in total. The Kier molecular flexibility index (Phi) is 6.86. The van der Waals surface area contributed by atoms with E-state index in [9.17, 15) is 21.6 Å². The number of halogens is 1. The van der Waals surface area contributed by atoms with Crippen molar-refractivity contribution in [3.05, 3.63) is 53.1 Å². The van der Waals surface area contributed by atoms with Crippen LogP contribution in [-0.4, -0.2) is 46.4 Å². The van der Waals surface area contributed by atoms with Crippen molar-refractivity contribution in [2.75, 3.05) is 24.7 Å². The molecular weight excluding hydrogens is 448 g/mol. The highest BCUT2D eigenvalue weighted by Gasteiger charge is 2.28. The van der Waals surface area contributed by atoms with Crippen molar-refractivity contribution in [3.63, 3.8) is 0 Å². The van der Waals surface area contributed by atoms with Gasteiger partial charge < -0.3 is 5.32 Å². The Balaban J connectivity index is 1.93. The van der Waals surface area contributed by atoms with Gasteiger partial charge in [0.2, 0.25) is 10.0 Å². The number of benzene rings is 2. The van der Waals surface area contributed by atoms with Gasteiger partial charge in [-0.05, 0) is 43.2 Å². The van der Waals surface area contributed by atoms with E-state index in [4.69, 9.17) is 11.6 Å². The van der Waals surface area contributed by atoms with Crippen LogP contribution >= 0.6 is 11.6 Å². The molecule has 0 aromatic heterocycles. The van der Waals surface area contributed by atoms with Crippen LogP contribution in [0, 0.1) is 0 Å². The highest BCUT2D eigenvalue weighted by molar-refractivity contribution is 7.91. The number of sulfonamides is 1. The topological polar surface area (TPSA) is 101 Å². The van der Waals surface area contributed by atoms with Gasteiger partial charge in [0, 0.05) is 24.9 Å². The molecule has 1 heterocycles. The number of nitrogens with zero attached hydrogens (tertiary/aromatic N) is 1. The van der Waals surface area contributed by atoms with E-state index in [2.05, 4.69) is 5.32 Å². The third-order valence-corrected chi connectivity index (χ3v) is 8.45. The number of anilines is 1. The molecule has 1 aliphatic rings. The third kappa shape index (κ3) is 5.03. The van der Waals surface area contributed by atoms with E-state index < -0.39 is 25.8 Å². The second kappa shape index (κ2) is 9.05. The summed E-state index contributed by atoms with van der Waals surface area (Å²) in [5.41, 5.74) is 0.188. The standard InChI is InChI=1S/C20H23ClN2O5S2/c1-29(25,26)18-9-5-4-8-17(18)22-20(24)15-10-11-16(21)19(14-15)30(27,28)23-12-6-2-3-7-13-23/h4-5,8-11,14H,2-3,6-7,12-13H2,1H3,(H,22,24). The largest absolute Gasteiger partial charge is 0.321 e. The third-order valence-electron chi connectivity index (χ3n) is 4.91. The van der Waals surface area contributed by atoms with Crippen LogP contribution in [0.15, 0.2) is 52.3 Å². The molecule has 7 nitrogen and oxygen atoms in total. The van der Waals surface area contributed by atoms with Gasteiger partial charge in [-0.1, -0.05) is 36.6 Å². The molecule has 0 bridgehead atoms. The first-order valence-electron chi connectivity index (χ1n) is 9.51. The van der Waals surface area contributed by atoms with E-state index in [1.165, 1.54) is 34.6 Å². The molecule has 1 aliphatic heterocycles. The number of rotatable bonds is 5. The van der Waals surface area contributed by atoms with Crippen LogP contribution in [0.5, 0.6) is 0 Å². The van der Waals surface area contributed by atoms with Crippen molar-refractivity contribution in [1.29, 1.82) is 0 Å². The highest BCUT2D eigenvalue weighted by Crippen LogP contribution is 2.28. The second-order valence-corrected chi connectivity index (χ2v) is 11.5. The second-order valence-electron chi connectivity index (χ2n) is 7.19. The van der Waals surface area contributed by atoms with Crippen LogP contribution in [0.4, 0.5) is 5.69 Å². The summed E-state index contributed by atoms with van der Waals surface area (Å²) in [6.07, 6.45) is 4.55. The number of nitrogens with one attached hydrogen (secondary N) is 1. The summed E-state index contributed by atoms with van der Waals surface area (Å²) < 4.78 is 51.5. The van der Waals surface area contributed by atoms with Crippen LogP contribution in [-0.2, 0) is 19.9 Å². The molecule has 10 heteroatoms. The van der Waals surface area contributed by atoms with E-state index in [1.54, 1.807) is 12.1 Å². The maximum Gasteiger partial charge on any atom is 0.255 e. The van der Waals surface area contributed by atoms with Gasteiger partial charge in [-0.25, -0.2) is 16.8 Å². The predicted molar refractivity (Wildman–Crippen MR) is 116 cm³/mol. The number of amides is 1. The number of carbonyl (C=O) groups excluding carboxylic acids is 1. The molecule has 1 fully saturated rings. The van der Waals surface area contributed by atoms with Gasteiger partial charge in [-0.2, -0.15) is 4.31 Å². The lowest BCUT2D eigenvalue weighted by molar-refractivity contribution is 0.102. The van der Waals surface area contributed by atoms with Crippen molar-refractivity contribution in [1.82, 2.24) is 4.31 Å². The number of sulfone groups is 1. The Labute approximate surface area is 182 Å². The van der Waals surface area contributed by atoms with Crippen molar-refractivity contribution < 1.29 is 21.6 Å². The predicted octanol–water partition coefficient (Wildman–Crippen LogP) is 3.56. The average Bonchev–Trinajstić information content (AvgIpc) is 2.98. The fraction of sp³-hybridized carbons (Fsp3) is 0.350. The normalized spacial score (nSPS) is 16.1. The molecule has 2 aromatic rings. The van der Waals surface area contributed by atoms with E-state index in [-0.39, 0.29) is 26.1 Å². The summed E-state index contributed by atoms with van der Waals surface area (Å²) in [5, 5.41) is 2.59. The van der Waals surface area contributed by atoms with E-state index in [0.29, 0.717) is 13.1 Å². The number of para-hydroxylation sites is 1. The Hall–Kier alpha value is -1.94. The molecule has 2 aromatic carbocycles. The highest BCUT2D eigenvalue weighted by atomic mass is 35.5. The van der Waals surface area contributed by atoms with E-state index >= 15 is 0 Å². The van der Waals surface area contributed by atoms with Crippen LogP contribution in [0.1, 0.15) is 36.0 Å². The van der Waals surface area contributed by atoms with Crippen molar-refractivity contribution in [2.45, 2.75) is 35.5 Å². The number of hydrogen-bond donors (Lipinski definition) is 1. The van der Waals surface area contributed by atoms with Gasteiger partial charge >= 0.3 is 0 Å². The Morgan fingerprint density at radius 2 is 1.57 bits per heavy atom. The summed E-state index contributed by atoms with van der Waals surface area (Å²) in [5.74, 6) is -0.630. The molecule has 30 heavy (non-hydrogen) atoms. The number of carbonyl (C=O) groups is 1. The first-order valence-corrected chi connectivity index (χ1v) is 13.2. The van der Waals surface area contributed by atoms with Gasteiger partial charge in [0.15, 0.2) is 9.84 Å². The van der Waals surface area contributed by atoms with Gasteiger partial charge in [0.1, 0.15) is 4.90 Å². The van der Waals surface area contributed by atoms with Crippen LogP contribution < -0.4 is 5.32 Å². The van der Waals surface area contributed by atoms with Crippen LogP contribution in [0.25, 0.3) is 0 Å². The van der Waals surface area contributed by atoms with Crippen molar-refractivity contribution in [2.24, 2.45) is 0 Å². The van der Waals surface area contributed by atoms with Crippen molar-refractivity contribution in [3.8, 4) is 0 Å². The lowest BCUT2D eigenvalue weighted by Crippen LogP contribution is -2.32. The molecular formula is C20H23ClN2O5S2. The summed E-state index contributed by atoms with van der Waals surface area (Å²) in [6.45, 7) is 0.827. The average molecular weight is 471 g/mol. The maximum atomic E-state index is 13.1. The minimum absolute atomic E-state index is 0.0234. The SMILES string of the molecule is CS(=O)(=O)c1ccccc1NC(=O)c1ccc(Cl)c(S(=O)(=O)N2CCCCCC2)c1. The summed E-state index contributed by atoms with van der Waals surface area (Å²) >= 11 is 6.17. The van der Waals surface area contributed by atoms with Gasteiger partial charge in [-0.3, -0.25) is 4.79 Å². The summed E-state index contributed by atoms with van der Waals surface area (Å²) in [7, 11) is -7.41. The van der Waals surface area contributed by atoms with Crippen LogP contribution in [0.3, 0.4) is 0 Å². The van der Waals surface area contributed by atoms with Crippen molar-refractivity contribution >= 4 is 43.1 Å². The quantitative estimate of drug-likeness (QED) is 0.720. The first-order chi connectivity index (χ1) is 14.1. The Morgan fingerprint density at radius 3 is 2.20 bits per heavy atom. The fourth-order valence-electron chi connectivity index (χ4n) is 3.35. The molecule has 0 unspecified atom stereocenters. The zero-order valence-corrected chi connectivity index (χ0v) is 18.9. The monoisotopic (exact) mass is 470 g/mol. The smallest absolute Gasteiger partial charge is 0.255 e. The minimum Gasteiger partial charge on any atom is -0.321 e. The lowest BCUT2D eigenvalue weighted by atomic mass is 10.2. The Morgan fingerprint density at radius 1 is 0.933 bits per heavy atom. The zero-order chi connectivity index (χ0) is 21.9. The lowest BCUT2D eigenvalue weighted by Gasteiger charge is -2.21. The Bertz CT molecular complexity index is 1160. The summed E-state index contributed by atoms with van der Waals surface area (Å²) in [6, 6.07) is 10.0. The molecule has 162 valence electrons. The maximum absolute atomic E-state index is 13.1. The molecule has 0 spiro atoms. The van der Waals surface area contributed by atoms with Gasteiger partial charge in [0.05, 0.1) is 15.6 Å². The molecule has 1 amide bonds. The fourth-order valence-corrected chi connectivity index (χ4v) is 6.21. The van der Waals surface area contributed by atoms with Gasteiger partial charge in [-0.15, -0.1) is 0 Å². The van der Waals surface area contributed by atoms with Crippen LogP contribution in [0.2, 0.25) is 5.02 Å². The number of hydrogen-bond acceptors (Lipinski definition) is 5. The first kappa shape index (κ1) is 22.7. The van der Waals surface area contributed by atoms with E-state index in [1.807, 2.05) is 0 Å². The molecule has 0 radical (unpaired) electrons. The summed E-state index contributed by atoms with van der Waals surface area (Å²) in [4.78, 5) is 12.6. The molecule has 0 aliphatic carbocycles. The van der Waals surface area contributed by atoms with Gasteiger partial charge in [0.25, 0.3) is 5.91 Å². The molecule has 0 saturated carbocycles.